The first kappa shape index (κ1) is 15.9. The number of rotatable bonds is 8. The molecule has 4 nitrogen and oxygen atoms in total. The maximum atomic E-state index is 12.3. The van der Waals surface area contributed by atoms with Gasteiger partial charge in [-0.1, -0.05) is 19.4 Å². The molecule has 1 unspecified atom stereocenters. The van der Waals surface area contributed by atoms with Crippen LogP contribution in [0.3, 0.4) is 0 Å². The largest absolute Gasteiger partial charge is 0.481 e. The molecule has 0 saturated heterocycles. The minimum Gasteiger partial charge on any atom is -0.481 e. The van der Waals surface area contributed by atoms with Gasteiger partial charge in [0.2, 0.25) is 0 Å². The van der Waals surface area contributed by atoms with E-state index in [1.807, 2.05) is 13.0 Å². The van der Waals surface area contributed by atoms with Gasteiger partial charge in [-0.15, -0.1) is 6.58 Å². The highest BCUT2D eigenvalue weighted by Gasteiger charge is 2.43. The highest BCUT2D eigenvalue weighted by molar-refractivity contribution is 5.88. The summed E-state index contributed by atoms with van der Waals surface area (Å²) in [4.78, 5) is 23.4. The summed E-state index contributed by atoms with van der Waals surface area (Å²) in [6.45, 7) is 5.51. The van der Waals surface area contributed by atoms with Crippen LogP contribution < -0.4 is 0 Å². The lowest BCUT2D eigenvalue weighted by Crippen LogP contribution is -2.29. The molecule has 4 heteroatoms. The first-order valence-electron chi connectivity index (χ1n) is 7.02. The van der Waals surface area contributed by atoms with Crippen LogP contribution in [0.15, 0.2) is 12.7 Å². The van der Waals surface area contributed by atoms with E-state index in [0.717, 1.165) is 25.7 Å². The van der Waals surface area contributed by atoms with Crippen molar-refractivity contribution in [2.24, 2.45) is 17.8 Å². The molecular formula is C15H24O4. The van der Waals surface area contributed by atoms with Gasteiger partial charge in [0.25, 0.3) is 0 Å². The van der Waals surface area contributed by atoms with Gasteiger partial charge < -0.3 is 10.2 Å². The molecule has 0 aliphatic heterocycles. The molecule has 19 heavy (non-hydrogen) atoms. The third-order valence-electron chi connectivity index (χ3n) is 4.00. The van der Waals surface area contributed by atoms with Crippen molar-refractivity contribution in [1.82, 2.24) is 0 Å². The van der Waals surface area contributed by atoms with Gasteiger partial charge in [-0.25, -0.2) is 0 Å². The van der Waals surface area contributed by atoms with Crippen LogP contribution in [-0.2, 0) is 9.59 Å². The van der Waals surface area contributed by atoms with Gasteiger partial charge in [-0.2, -0.15) is 0 Å². The van der Waals surface area contributed by atoms with Crippen molar-refractivity contribution in [3.8, 4) is 0 Å². The monoisotopic (exact) mass is 268 g/mol. The lowest BCUT2D eigenvalue weighted by Gasteiger charge is -2.18. The molecule has 0 amide bonds. The normalized spacial score (nSPS) is 28.0. The minimum atomic E-state index is -0.964. The Labute approximate surface area is 114 Å². The molecule has 1 aliphatic carbocycles. The lowest BCUT2D eigenvalue weighted by atomic mass is 9.84. The summed E-state index contributed by atoms with van der Waals surface area (Å²) in [6.07, 6.45) is 5.40. The van der Waals surface area contributed by atoms with Gasteiger partial charge in [-0.05, 0) is 32.1 Å². The summed E-state index contributed by atoms with van der Waals surface area (Å²) >= 11 is 0. The zero-order valence-corrected chi connectivity index (χ0v) is 11.5. The molecule has 1 saturated carbocycles. The van der Waals surface area contributed by atoms with Crippen molar-refractivity contribution in [2.75, 3.05) is 0 Å². The second-order valence-electron chi connectivity index (χ2n) is 5.55. The average Bonchev–Trinajstić information content (AvgIpc) is 2.75. The van der Waals surface area contributed by atoms with E-state index in [1.165, 1.54) is 0 Å². The fourth-order valence-corrected chi connectivity index (χ4v) is 2.85. The van der Waals surface area contributed by atoms with Crippen LogP contribution in [-0.4, -0.2) is 28.1 Å². The van der Waals surface area contributed by atoms with E-state index in [4.69, 9.17) is 5.11 Å². The van der Waals surface area contributed by atoms with Crippen molar-refractivity contribution in [3.05, 3.63) is 12.7 Å². The van der Waals surface area contributed by atoms with E-state index in [1.54, 1.807) is 0 Å². The SMILES string of the molecule is C=CCCCCC(C)C(=O)[C@@H]1C[C@@H](O)C[C@H]1C(=O)O. The van der Waals surface area contributed by atoms with Crippen molar-refractivity contribution in [3.63, 3.8) is 0 Å². The van der Waals surface area contributed by atoms with Gasteiger partial charge in [0.1, 0.15) is 5.78 Å². The number of Topliss-reactive ketones (excluding diaryl/α,β-unsaturated/α-hetero) is 1. The van der Waals surface area contributed by atoms with Crippen molar-refractivity contribution >= 4 is 11.8 Å². The third kappa shape index (κ3) is 4.46. The molecule has 1 aliphatic rings. The standard InChI is InChI=1S/C15H24O4/c1-3-4-5-6-7-10(2)14(17)12-8-11(16)9-13(12)15(18)19/h3,10-13,16H,1,4-9H2,2H3,(H,18,19)/t10?,11-,12-,13-/m1/s1. The van der Waals surface area contributed by atoms with Crippen LogP contribution in [0, 0.1) is 17.8 Å². The molecule has 4 atom stereocenters. The maximum Gasteiger partial charge on any atom is 0.307 e. The Balaban J connectivity index is 2.50. The second-order valence-corrected chi connectivity index (χ2v) is 5.55. The number of allylic oxidation sites excluding steroid dienone is 1. The first-order chi connectivity index (χ1) is 8.97. The van der Waals surface area contributed by atoms with Gasteiger partial charge in [0, 0.05) is 11.8 Å². The van der Waals surface area contributed by atoms with E-state index >= 15 is 0 Å². The number of aliphatic hydroxyl groups excluding tert-OH is 1. The quantitative estimate of drug-likeness (QED) is 0.523. The Hall–Kier alpha value is -1.16. The predicted molar refractivity (Wildman–Crippen MR) is 72.7 cm³/mol. The summed E-state index contributed by atoms with van der Waals surface area (Å²) in [7, 11) is 0. The van der Waals surface area contributed by atoms with Gasteiger partial charge in [-0.3, -0.25) is 9.59 Å². The number of carbonyl (C=O) groups excluding carboxylic acids is 1. The van der Waals surface area contributed by atoms with Crippen LogP contribution in [0.5, 0.6) is 0 Å². The number of aliphatic carboxylic acids is 1. The van der Waals surface area contributed by atoms with E-state index in [0.29, 0.717) is 6.42 Å². The molecule has 1 fully saturated rings. The van der Waals surface area contributed by atoms with Crippen molar-refractivity contribution < 1.29 is 19.8 Å². The van der Waals surface area contributed by atoms with E-state index < -0.39 is 23.9 Å². The number of carbonyl (C=O) groups is 2. The number of carboxylic acid groups (broad SMARTS) is 1. The Morgan fingerprint density at radius 3 is 2.53 bits per heavy atom. The van der Waals surface area contributed by atoms with E-state index in [2.05, 4.69) is 6.58 Å². The van der Waals surface area contributed by atoms with Crippen LogP contribution in [0.1, 0.15) is 45.4 Å². The number of ketones is 1. The van der Waals surface area contributed by atoms with Crippen LogP contribution in [0.2, 0.25) is 0 Å². The molecule has 1 rings (SSSR count). The molecule has 0 heterocycles. The van der Waals surface area contributed by atoms with Crippen molar-refractivity contribution in [1.29, 1.82) is 0 Å². The van der Waals surface area contributed by atoms with Gasteiger partial charge in [0.05, 0.1) is 12.0 Å². The van der Waals surface area contributed by atoms with Crippen molar-refractivity contribution in [2.45, 2.75) is 51.6 Å². The molecule has 108 valence electrons. The molecule has 0 bridgehead atoms. The summed E-state index contributed by atoms with van der Waals surface area (Å²) < 4.78 is 0. The molecule has 0 aromatic heterocycles. The number of hydrogen-bond acceptors (Lipinski definition) is 3. The summed E-state index contributed by atoms with van der Waals surface area (Å²) in [5, 5.41) is 18.7. The average molecular weight is 268 g/mol. The van der Waals surface area contributed by atoms with Crippen LogP contribution in [0.25, 0.3) is 0 Å². The zero-order valence-electron chi connectivity index (χ0n) is 11.5. The summed E-state index contributed by atoms with van der Waals surface area (Å²) in [6, 6.07) is 0. The van der Waals surface area contributed by atoms with Crippen LogP contribution in [0.4, 0.5) is 0 Å². The Morgan fingerprint density at radius 1 is 1.32 bits per heavy atom. The Kier molecular flexibility index (Phi) is 6.22. The highest BCUT2D eigenvalue weighted by atomic mass is 16.4. The second kappa shape index (κ2) is 7.43. The lowest BCUT2D eigenvalue weighted by molar-refractivity contribution is -0.146. The highest BCUT2D eigenvalue weighted by Crippen LogP contribution is 2.35. The summed E-state index contributed by atoms with van der Waals surface area (Å²) in [5.41, 5.74) is 0. The molecule has 0 spiro atoms. The topological polar surface area (TPSA) is 74.6 Å². The number of hydrogen-bond donors (Lipinski definition) is 2. The fourth-order valence-electron chi connectivity index (χ4n) is 2.85. The zero-order chi connectivity index (χ0) is 14.4. The summed E-state index contributed by atoms with van der Waals surface area (Å²) in [5.74, 6) is -2.31. The number of carboxylic acids is 1. The van der Waals surface area contributed by atoms with Gasteiger partial charge >= 0.3 is 5.97 Å². The number of unbranched alkanes of at least 4 members (excludes halogenated alkanes) is 2. The van der Waals surface area contributed by atoms with E-state index in [9.17, 15) is 14.7 Å². The minimum absolute atomic E-state index is 0.00236. The molecule has 0 aromatic rings. The predicted octanol–water partition coefficient (Wildman–Crippen LogP) is 2.41. The third-order valence-corrected chi connectivity index (χ3v) is 4.00. The molecule has 0 radical (unpaired) electrons. The Bertz CT molecular complexity index is 337. The molecule has 0 aromatic carbocycles. The van der Waals surface area contributed by atoms with Crippen LogP contribution >= 0.6 is 0 Å². The number of aliphatic hydroxyl groups is 1. The smallest absolute Gasteiger partial charge is 0.307 e. The molecular weight excluding hydrogens is 244 g/mol. The maximum absolute atomic E-state index is 12.3. The first-order valence-corrected chi connectivity index (χ1v) is 7.02. The molecule has 2 N–H and O–H groups in total. The Morgan fingerprint density at radius 2 is 1.95 bits per heavy atom. The van der Waals surface area contributed by atoms with Gasteiger partial charge in [0.15, 0.2) is 0 Å². The van der Waals surface area contributed by atoms with E-state index in [-0.39, 0.29) is 18.1 Å². The fraction of sp³-hybridized carbons (Fsp3) is 0.733.